The third-order valence-corrected chi connectivity index (χ3v) is 12.8. The average molecular weight is 771 g/mol. The molecule has 59 heavy (non-hydrogen) atoms. The van der Waals surface area contributed by atoms with Gasteiger partial charge in [-0.3, -0.25) is 0 Å². The number of para-hydroxylation sites is 2. The fourth-order valence-corrected chi connectivity index (χ4v) is 9.00. The molecule has 0 fully saturated rings. The van der Waals surface area contributed by atoms with Gasteiger partial charge in [0.1, 0.15) is 0 Å². The first-order valence-corrected chi connectivity index (χ1v) is 21.8. The molecular weight excluding hydrogens is 713 g/mol. The summed E-state index contributed by atoms with van der Waals surface area (Å²) in [6, 6.07) is 62.8. The molecule has 2 heteroatoms. The highest BCUT2D eigenvalue weighted by atomic mass is 15.1. The Morgan fingerprint density at radius 2 is 0.729 bits per heavy atom. The summed E-state index contributed by atoms with van der Waals surface area (Å²) >= 11 is 0. The Bertz CT molecular complexity index is 2650. The lowest BCUT2D eigenvalue weighted by molar-refractivity contribution is 0.710. The van der Waals surface area contributed by atoms with Crippen molar-refractivity contribution in [3.05, 3.63) is 192 Å². The van der Waals surface area contributed by atoms with E-state index in [1.165, 1.54) is 77.7 Å². The van der Waals surface area contributed by atoms with Crippen LogP contribution in [0.15, 0.2) is 170 Å². The van der Waals surface area contributed by atoms with Crippen LogP contribution in [-0.4, -0.2) is 0 Å². The Kier molecular flexibility index (Phi) is 11.7. The van der Waals surface area contributed by atoms with E-state index in [9.17, 15) is 0 Å². The first-order valence-electron chi connectivity index (χ1n) is 21.8. The van der Waals surface area contributed by atoms with Gasteiger partial charge in [0.2, 0.25) is 0 Å². The zero-order valence-corrected chi connectivity index (χ0v) is 35.9. The van der Waals surface area contributed by atoms with E-state index in [1.807, 2.05) is 0 Å². The molecule has 296 valence electrons. The number of nitrogens with zero attached hydrogens (tertiary/aromatic N) is 2. The Labute approximate surface area is 352 Å². The number of anilines is 6. The predicted octanol–water partition coefficient (Wildman–Crippen LogP) is 17.4. The van der Waals surface area contributed by atoms with Crippen LogP contribution in [0.5, 0.6) is 0 Å². The van der Waals surface area contributed by atoms with Gasteiger partial charge in [0.15, 0.2) is 0 Å². The molecule has 0 aromatic heterocycles. The number of hydrogen-bond acceptors (Lipinski definition) is 2. The minimum absolute atomic E-state index is 0.346. The highest BCUT2D eigenvalue weighted by Crippen LogP contribution is 2.50. The van der Waals surface area contributed by atoms with Crippen LogP contribution in [-0.2, 0) is 0 Å². The van der Waals surface area contributed by atoms with E-state index in [2.05, 4.69) is 228 Å². The van der Waals surface area contributed by atoms with Crippen LogP contribution in [0.4, 0.5) is 34.1 Å². The molecule has 8 rings (SSSR count). The molecule has 0 aliphatic heterocycles. The van der Waals surface area contributed by atoms with Crippen LogP contribution in [0.3, 0.4) is 0 Å². The Morgan fingerprint density at radius 1 is 0.373 bits per heavy atom. The lowest BCUT2D eigenvalue weighted by atomic mass is 9.77. The summed E-state index contributed by atoms with van der Waals surface area (Å²) in [7, 11) is 0. The van der Waals surface area contributed by atoms with Gasteiger partial charge < -0.3 is 9.80 Å². The first-order chi connectivity index (χ1) is 28.8. The summed E-state index contributed by atoms with van der Waals surface area (Å²) in [6.07, 6.45) is 3.15. The highest BCUT2D eigenvalue weighted by molar-refractivity contribution is 6.01. The SMILES string of the molecule is CCC(C)c1cc(N(c2ccccc2)c2cccc3ccccc23)cc(C)c1-c1c(C(C)CC)cc(N(c2ccccc2)c2cccc3ccccc23)cc1C(C)CC. The van der Waals surface area contributed by atoms with Crippen LogP contribution in [0, 0.1) is 6.92 Å². The van der Waals surface area contributed by atoms with Crippen molar-refractivity contribution in [2.24, 2.45) is 0 Å². The minimum atomic E-state index is 0.346. The van der Waals surface area contributed by atoms with E-state index < -0.39 is 0 Å². The molecule has 0 aliphatic rings. The molecule has 0 N–H and O–H groups in total. The van der Waals surface area contributed by atoms with Gasteiger partial charge in [0.25, 0.3) is 0 Å². The molecule has 0 aliphatic carbocycles. The molecule has 0 saturated carbocycles. The number of rotatable bonds is 13. The molecule has 2 nitrogen and oxygen atoms in total. The van der Waals surface area contributed by atoms with Crippen LogP contribution >= 0.6 is 0 Å². The normalized spacial score (nSPS) is 13.0. The maximum atomic E-state index is 2.53. The van der Waals surface area contributed by atoms with E-state index in [0.29, 0.717) is 17.8 Å². The molecule has 3 atom stereocenters. The highest BCUT2D eigenvalue weighted by Gasteiger charge is 2.28. The molecule has 8 aromatic rings. The van der Waals surface area contributed by atoms with Gasteiger partial charge in [-0.2, -0.15) is 0 Å². The Morgan fingerprint density at radius 3 is 1.15 bits per heavy atom. The minimum Gasteiger partial charge on any atom is -0.310 e. The Hall–Kier alpha value is -6.12. The zero-order valence-electron chi connectivity index (χ0n) is 35.9. The fourth-order valence-electron chi connectivity index (χ4n) is 9.00. The summed E-state index contributed by atoms with van der Waals surface area (Å²) in [5.74, 6) is 1.04. The molecular formula is C57H58N2. The first kappa shape index (κ1) is 39.7. The van der Waals surface area contributed by atoms with Gasteiger partial charge in [0.05, 0.1) is 11.4 Å². The van der Waals surface area contributed by atoms with Crippen molar-refractivity contribution in [2.45, 2.75) is 85.5 Å². The molecule has 0 bridgehead atoms. The molecule has 0 spiro atoms. The third-order valence-electron chi connectivity index (χ3n) is 12.8. The van der Waals surface area contributed by atoms with Gasteiger partial charge in [-0.15, -0.1) is 0 Å². The van der Waals surface area contributed by atoms with Gasteiger partial charge in [-0.1, -0.05) is 151 Å². The summed E-state index contributed by atoms with van der Waals surface area (Å²) < 4.78 is 0. The standard InChI is InChI=1S/C57H58N2/c1-8-39(4)51-36-47(58(45-27-13-11-14-28-45)54-33-21-25-43-23-17-19-31-49(43)54)35-42(7)56(51)57-52(40(5)9-2)37-48(38-53(57)41(6)10-3)59(46-29-15-12-16-30-46)55-34-22-26-44-24-18-20-32-50(44)55/h11-41H,8-10H2,1-7H3. The Balaban J connectivity index is 1.41. The molecule has 0 amide bonds. The third kappa shape index (κ3) is 7.65. The van der Waals surface area contributed by atoms with E-state index in [0.717, 1.165) is 30.6 Å². The van der Waals surface area contributed by atoms with Crippen molar-refractivity contribution in [1.82, 2.24) is 0 Å². The number of aryl methyl sites for hydroxylation is 1. The van der Waals surface area contributed by atoms with E-state index in [-0.39, 0.29) is 0 Å². The summed E-state index contributed by atoms with van der Waals surface area (Å²) in [5.41, 5.74) is 15.5. The topological polar surface area (TPSA) is 6.48 Å². The van der Waals surface area contributed by atoms with Crippen molar-refractivity contribution in [3.63, 3.8) is 0 Å². The monoisotopic (exact) mass is 770 g/mol. The zero-order chi connectivity index (χ0) is 41.0. The van der Waals surface area contributed by atoms with E-state index >= 15 is 0 Å². The van der Waals surface area contributed by atoms with Crippen molar-refractivity contribution >= 4 is 55.7 Å². The summed E-state index contributed by atoms with van der Waals surface area (Å²) in [6.45, 7) is 16.7. The number of benzene rings is 8. The molecule has 8 aromatic carbocycles. The second-order valence-corrected chi connectivity index (χ2v) is 16.5. The van der Waals surface area contributed by atoms with Gasteiger partial charge in [-0.25, -0.2) is 0 Å². The summed E-state index contributed by atoms with van der Waals surface area (Å²) in [4.78, 5) is 4.97. The lowest BCUT2D eigenvalue weighted by Crippen LogP contribution is -2.15. The maximum Gasteiger partial charge on any atom is 0.0540 e. The fraction of sp³-hybridized carbons (Fsp3) is 0.228. The second kappa shape index (κ2) is 17.4. The lowest BCUT2D eigenvalue weighted by Gasteiger charge is -2.33. The van der Waals surface area contributed by atoms with Gasteiger partial charge in [-0.05, 0) is 149 Å². The predicted molar refractivity (Wildman–Crippen MR) is 257 cm³/mol. The number of fused-ring (bicyclic) bond motifs is 2. The maximum absolute atomic E-state index is 2.53. The van der Waals surface area contributed by atoms with Gasteiger partial charge in [0, 0.05) is 33.5 Å². The smallest absolute Gasteiger partial charge is 0.0540 e. The van der Waals surface area contributed by atoms with Crippen LogP contribution < -0.4 is 9.80 Å². The molecule has 0 radical (unpaired) electrons. The largest absolute Gasteiger partial charge is 0.310 e. The molecule has 0 heterocycles. The van der Waals surface area contributed by atoms with Crippen LogP contribution in [0.25, 0.3) is 32.7 Å². The van der Waals surface area contributed by atoms with Crippen molar-refractivity contribution in [1.29, 1.82) is 0 Å². The number of hydrogen-bond donors (Lipinski definition) is 0. The summed E-state index contributed by atoms with van der Waals surface area (Å²) in [5, 5.41) is 4.98. The quantitative estimate of drug-likeness (QED) is 0.115. The van der Waals surface area contributed by atoms with Crippen LogP contribution in [0.2, 0.25) is 0 Å². The average Bonchev–Trinajstić information content (AvgIpc) is 3.29. The van der Waals surface area contributed by atoms with Crippen LogP contribution in [0.1, 0.15) is 101 Å². The second-order valence-electron chi connectivity index (χ2n) is 16.5. The van der Waals surface area contributed by atoms with Crippen molar-refractivity contribution < 1.29 is 0 Å². The van der Waals surface area contributed by atoms with E-state index in [4.69, 9.17) is 0 Å². The van der Waals surface area contributed by atoms with E-state index in [1.54, 1.807) is 0 Å². The molecule has 3 unspecified atom stereocenters. The van der Waals surface area contributed by atoms with Gasteiger partial charge >= 0.3 is 0 Å². The van der Waals surface area contributed by atoms with Crippen molar-refractivity contribution in [3.8, 4) is 11.1 Å². The molecule has 0 saturated heterocycles. The van der Waals surface area contributed by atoms with Crippen molar-refractivity contribution in [2.75, 3.05) is 9.80 Å².